The Morgan fingerprint density at radius 3 is 2.33 bits per heavy atom. The molecule has 1 N–H and O–H groups in total. The van der Waals surface area contributed by atoms with Gasteiger partial charge in [-0.2, -0.15) is 0 Å². The van der Waals surface area contributed by atoms with Crippen LogP contribution >= 0.6 is 0 Å². The van der Waals surface area contributed by atoms with Crippen LogP contribution in [0.15, 0.2) is 44.4 Å². The van der Waals surface area contributed by atoms with Gasteiger partial charge in [0.15, 0.2) is 0 Å². The van der Waals surface area contributed by atoms with Crippen LogP contribution in [0.4, 0.5) is 5.69 Å². The first-order valence-corrected chi connectivity index (χ1v) is 6.85. The smallest absolute Gasteiger partial charge is 0.775 e. The molecule has 0 aliphatic carbocycles. The van der Waals surface area contributed by atoms with E-state index in [4.69, 9.17) is 12.6 Å². The van der Waals surface area contributed by atoms with Crippen molar-refractivity contribution in [3.8, 4) is 0 Å². The van der Waals surface area contributed by atoms with E-state index in [-0.39, 0.29) is 39.9 Å². The van der Waals surface area contributed by atoms with E-state index in [0.717, 1.165) is 17.0 Å². The van der Waals surface area contributed by atoms with Crippen LogP contribution < -0.4 is 45.7 Å². The van der Waals surface area contributed by atoms with Crippen LogP contribution in [-0.4, -0.2) is 0 Å². The molecule has 0 unspecified atom stereocenters. The average molecular weight is 307 g/mol. The summed E-state index contributed by atoms with van der Waals surface area (Å²) in [7, 11) is 0. The summed E-state index contributed by atoms with van der Waals surface area (Å²) in [6.45, 7) is 6.04. The Morgan fingerprint density at radius 1 is 1.14 bits per heavy atom. The van der Waals surface area contributed by atoms with Crippen molar-refractivity contribution in [3.63, 3.8) is 0 Å². The van der Waals surface area contributed by atoms with Crippen molar-refractivity contribution in [3.05, 3.63) is 61.5 Å². The summed E-state index contributed by atoms with van der Waals surface area (Å²) in [4.78, 5) is 23.2. The largest absolute Gasteiger partial charge is 1.00 e. The number of rotatable bonds is 1. The van der Waals surface area contributed by atoms with E-state index < -0.39 is 10.9 Å². The molecule has 1 aliphatic rings. The molecule has 0 saturated carbocycles. The van der Waals surface area contributed by atoms with Gasteiger partial charge in [-0.3, -0.25) is 9.59 Å². The standard InChI is InChI=1S/C16H15NO2S.Na/c1-8(11-12(18)13(19)14(11)20)15-16(2,3)9-6-4-5-7-10(9)17-15;/h4-7,17,20H,1-3H3;/q;+1/p-1. The molecule has 0 spiro atoms. The first-order valence-electron chi connectivity index (χ1n) is 6.44. The average Bonchev–Trinajstić information content (AvgIpc) is 2.71. The fourth-order valence-corrected chi connectivity index (χ4v) is 3.30. The molecular weight excluding hydrogens is 293 g/mol. The number of para-hydroxylation sites is 1. The number of hydrogen-bond acceptors (Lipinski definition) is 4. The van der Waals surface area contributed by atoms with E-state index in [2.05, 4.69) is 25.2 Å². The van der Waals surface area contributed by atoms with Gasteiger partial charge in [-0.05, 0) is 24.1 Å². The van der Waals surface area contributed by atoms with Crippen molar-refractivity contribution in [2.45, 2.75) is 31.1 Å². The van der Waals surface area contributed by atoms with Gasteiger partial charge in [-0.15, -0.1) is 4.90 Å². The van der Waals surface area contributed by atoms with Crippen LogP contribution in [0, 0.1) is 0 Å². The number of fused-ring (bicyclic) bond motifs is 1. The van der Waals surface area contributed by atoms with Gasteiger partial charge >= 0.3 is 29.6 Å². The zero-order valence-electron chi connectivity index (χ0n) is 12.5. The van der Waals surface area contributed by atoms with Gasteiger partial charge in [0, 0.05) is 22.4 Å². The van der Waals surface area contributed by atoms with Crippen LogP contribution in [0.25, 0.3) is 5.57 Å². The Kier molecular flexibility index (Phi) is 4.19. The maximum atomic E-state index is 11.7. The third-order valence-corrected chi connectivity index (χ3v) is 4.49. The summed E-state index contributed by atoms with van der Waals surface area (Å²) in [6, 6.07) is 8.04. The quantitative estimate of drug-likeness (QED) is 0.431. The summed E-state index contributed by atoms with van der Waals surface area (Å²) in [5.41, 5.74) is 3.10. The van der Waals surface area contributed by atoms with Crippen molar-refractivity contribution in [1.82, 2.24) is 0 Å². The molecule has 21 heavy (non-hydrogen) atoms. The fraction of sp³-hybridized carbons (Fsp3) is 0.250. The van der Waals surface area contributed by atoms with E-state index in [9.17, 15) is 9.59 Å². The molecule has 102 valence electrons. The summed E-state index contributed by atoms with van der Waals surface area (Å²) in [5, 5.41) is 3.37. The molecule has 1 aliphatic heterocycles. The topological polar surface area (TPSA) is 46.2 Å². The van der Waals surface area contributed by atoms with Crippen LogP contribution in [-0.2, 0) is 18.0 Å². The van der Waals surface area contributed by atoms with Crippen LogP contribution in [0.2, 0.25) is 0 Å². The molecule has 0 fully saturated rings. The van der Waals surface area contributed by atoms with Gasteiger partial charge in [0.25, 0.3) is 0 Å². The minimum atomic E-state index is -0.539. The second-order valence-corrected chi connectivity index (χ2v) is 6.07. The number of allylic oxidation sites excluding steroid dienone is 2. The van der Waals surface area contributed by atoms with Gasteiger partial charge < -0.3 is 17.9 Å². The zero-order chi connectivity index (χ0) is 14.7. The van der Waals surface area contributed by atoms with Crippen molar-refractivity contribution in [2.24, 2.45) is 0 Å². The van der Waals surface area contributed by atoms with Crippen molar-refractivity contribution in [1.29, 1.82) is 0 Å². The van der Waals surface area contributed by atoms with E-state index in [1.165, 1.54) is 5.56 Å². The maximum Gasteiger partial charge on any atom is 1.00 e. The second kappa shape index (κ2) is 5.36. The third kappa shape index (κ3) is 2.21. The molecule has 0 radical (unpaired) electrons. The Balaban J connectivity index is 0.00000161. The minimum absolute atomic E-state index is 0. The molecule has 3 rings (SSSR count). The normalized spacial score (nSPS) is 17.9. The van der Waals surface area contributed by atoms with Crippen LogP contribution in [0.1, 0.15) is 31.9 Å². The van der Waals surface area contributed by atoms with E-state index in [1.54, 1.807) is 0 Å². The molecular formula is C16H14NNaO2S. The minimum Gasteiger partial charge on any atom is -0.775 e. The summed E-state index contributed by atoms with van der Waals surface area (Å²) in [6.07, 6.45) is 0. The predicted molar refractivity (Wildman–Crippen MR) is 82.7 cm³/mol. The SMILES string of the molecule is CC(=C1Nc2ccccc2C1(C)C)c1c([S-])c(=O)c1=O.[Na+]. The summed E-state index contributed by atoms with van der Waals surface area (Å²) in [5.74, 6) is 0. The van der Waals surface area contributed by atoms with Gasteiger partial charge in [0.1, 0.15) is 0 Å². The van der Waals surface area contributed by atoms with E-state index in [1.807, 2.05) is 25.1 Å². The second-order valence-electron chi connectivity index (χ2n) is 5.66. The first-order chi connectivity index (χ1) is 9.35. The molecule has 0 aromatic heterocycles. The van der Waals surface area contributed by atoms with Gasteiger partial charge in [-0.1, -0.05) is 32.0 Å². The van der Waals surface area contributed by atoms with Crippen LogP contribution in [0.3, 0.4) is 0 Å². The Labute approximate surface area is 150 Å². The van der Waals surface area contributed by atoms with Gasteiger partial charge in [-0.25, -0.2) is 0 Å². The number of anilines is 1. The Morgan fingerprint density at radius 2 is 1.76 bits per heavy atom. The Bertz CT molecular complexity index is 829. The van der Waals surface area contributed by atoms with E-state index in [0.29, 0.717) is 5.56 Å². The number of hydrogen-bond donors (Lipinski definition) is 1. The zero-order valence-corrected chi connectivity index (χ0v) is 15.4. The molecule has 1 heterocycles. The number of nitrogens with one attached hydrogen (secondary N) is 1. The maximum absolute atomic E-state index is 11.7. The van der Waals surface area contributed by atoms with Crippen molar-refractivity contribution in [2.75, 3.05) is 5.32 Å². The fourth-order valence-electron chi connectivity index (χ4n) is 2.96. The Hall–Kier alpha value is -0.940. The van der Waals surface area contributed by atoms with Gasteiger partial charge in [0.05, 0.1) is 0 Å². The molecule has 2 aromatic carbocycles. The molecule has 2 aromatic rings. The molecule has 0 amide bonds. The predicted octanol–water partition coefficient (Wildman–Crippen LogP) is -0.673. The monoisotopic (exact) mass is 307 g/mol. The van der Waals surface area contributed by atoms with Gasteiger partial charge in [0.2, 0.25) is 10.9 Å². The van der Waals surface area contributed by atoms with Crippen molar-refractivity contribution >= 4 is 23.9 Å². The summed E-state index contributed by atoms with van der Waals surface area (Å²) < 4.78 is 0. The molecule has 0 atom stereocenters. The molecule has 3 nitrogen and oxygen atoms in total. The third-order valence-electron chi connectivity index (χ3n) is 4.10. The number of benzene rings is 1. The summed E-state index contributed by atoms with van der Waals surface area (Å²) >= 11 is 5.01. The van der Waals surface area contributed by atoms with E-state index >= 15 is 0 Å². The van der Waals surface area contributed by atoms with Crippen molar-refractivity contribution < 1.29 is 29.6 Å². The first kappa shape index (κ1) is 16.4. The van der Waals surface area contributed by atoms with Crippen LogP contribution in [0.5, 0.6) is 0 Å². The molecule has 5 heteroatoms. The molecule has 0 bridgehead atoms. The molecule has 0 saturated heterocycles.